The zero-order chi connectivity index (χ0) is 10.8. The lowest BCUT2D eigenvalue weighted by Gasteiger charge is -2.20. The Bertz CT molecular complexity index is 142. The Morgan fingerprint density at radius 1 is 1.36 bits per heavy atom. The first-order valence-corrected chi connectivity index (χ1v) is 5.72. The van der Waals surface area contributed by atoms with E-state index in [2.05, 4.69) is 5.32 Å². The van der Waals surface area contributed by atoms with Gasteiger partial charge in [-0.15, -0.1) is 0 Å². The third-order valence-electron chi connectivity index (χ3n) is 2.12. The van der Waals surface area contributed by atoms with Crippen molar-refractivity contribution in [2.24, 2.45) is 5.92 Å². The molecule has 0 aromatic heterocycles. The monoisotopic (exact) mass is 201 g/mol. The number of rotatable bonds is 3. The smallest absolute Gasteiger partial charge is 0.309 e. The van der Waals surface area contributed by atoms with E-state index in [-0.39, 0.29) is 11.9 Å². The van der Waals surface area contributed by atoms with E-state index in [1.807, 2.05) is 20.8 Å². The summed E-state index contributed by atoms with van der Waals surface area (Å²) < 4.78 is 5.06. The highest BCUT2D eigenvalue weighted by Crippen LogP contribution is 2.13. The van der Waals surface area contributed by atoms with Crippen molar-refractivity contribution in [1.82, 2.24) is 5.32 Å². The predicted octanol–water partition coefficient (Wildman–Crippen LogP) is 1.97. The molecule has 84 valence electrons. The Balaban J connectivity index is 0.000000791. The van der Waals surface area contributed by atoms with Crippen molar-refractivity contribution >= 4 is 5.97 Å². The fourth-order valence-electron chi connectivity index (χ4n) is 1.38. The van der Waals surface area contributed by atoms with Crippen LogP contribution < -0.4 is 5.32 Å². The van der Waals surface area contributed by atoms with Crippen LogP contribution in [0.2, 0.25) is 0 Å². The molecular formula is C11H23NO2. The second-order valence-corrected chi connectivity index (χ2v) is 3.19. The fourth-order valence-corrected chi connectivity index (χ4v) is 1.38. The van der Waals surface area contributed by atoms with E-state index in [1.165, 1.54) is 0 Å². The molecule has 1 fully saturated rings. The Hall–Kier alpha value is -0.570. The van der Waals surface area contributed by atoms with Crippen molar-refractivity contribution in [2.45, 2.75) is 40.0 Å². The summed E-state index contributed by atoms with van der Waals surface area (Å²) in [6.07, 6.45) is 2.78. The molecule has 0 bridgehead atoms. The SMILES string of the molecule is CC.CCCOC(=O)C1CCNCC1. The van der Waals surface area contributed by atoms with Crippen molar-refractivity contribution < 1.29 is 9.53 Å². The van der Waals surface area contributed by atoms with Gasteiger partial charge >= 0.3 is 5.97 Å². The number of esters is 1. The zero-order valence-corrected chi connectivity index (χ0v) is 9.64. The van der Waals surface area contributed by atoms with Gasteiger partial charge in [-0.2, -0.15) is 0 Å². The summed E-state index contributed by atoms with van der Waals surface area (Å²) in [7, 11) is 0. The van der Waals surface area contributed by atoms with Crippen LogP contribution in [0.4, 0.5) is 0 Å². The summed E-state index contributed by atoms with van der Waals surface area (Å²) >= 11 is 0. The number of ether oxygens (including phenoxy) is 1. The molecule has 3 heteroatoms. The molecule has 0 aliphatic carbocycles. The first kappa shape index (κ1) is 13.4. The molecule has 0 amide bonds. The average Bonchev–Trinajstić information content (AvgIpc) is 2.30. The highest BCUT2D eigenvalue weighted by atomic mass is 16.5. The second kappa shape index (κ2) is 9.00. The maximum Gasteiger partial charge on any atom is 0.309 e. The van der Waals surface area contributed by atoms with Gasteiger partial charge in [0.05, 0.1) is 12.5 Å². The minimum atomic E-state index is -0.00153. The normalized spacial score (nSPS) is 16.8. The van der Waals surface area contributed by atoms with Crippen molar-refractivity contribution in [1.29, 1.82) is 0 Å². The van der Waals surface area contributed by atoms with E-state index in [0.29, 0.717) is 6.61 Å². The molecule has 1 rings (SSSR count). The summed E-state index contributed by atoms with van der Waals surface area (Å²) in [5, 5.41) is 3.22. The minimum Gasteiger partial charge on any atom is -0.465 e. The Kier molecular flexibility index (Phi) is 8.64. The van der Waals surface area contributed by atoms with Crippen LogP contribution in [0, 0.1) is 5.92 Å². The summed E-state index contributed by atoms with van der Waals surface area (Å²) in [6.45, 7) is 8.48. The molecule has 1 aliphatic rings. The van der Waals surface area contributed by atoms with Crippen LogP contribution in [0.15, 0.2) is 0 Å². The van der Waals surface area contributed by atoms with Crippen LogP contribution in [0.3, 0.4) is 0 Å². The van der Waals surface area contributed by atoms with E-state index in [1.54, 1.807) is 0 Å². The van der Waals surface area contributed by atoms with Crippen molar-refractivity contribution in [3.05, 3.63) is 0 Å². The largest absolute Gasteiger partial charge is 0.465 e. The van der Waals surface area contributed by atoms with Crippen LogP contribution in [0.25, 0.3) is 0 Å². The van der Waals surface area contributed by atoms with Gasteiger partial charge in [0, 0.05) is 0 Å². The van der Waals surface area contributed by atoms with Crippen molar-refractivity contribution in [3.63, 3.8) is 0 Å². The van der Waals surface area contributed by atoms with Crippen LogP contribution >= 0.6 is 0 Å². The predicted molar refractivity (Wildman–Crippen MR) is 58.2 cm³/mol. The third-order valence-corrected chi connectivity index (χ3v) is 2.12. The first-order valence-electron chi connectivity index (χ1n) is 5.72. The molecule has 3 nitrogen and oxygen atoms in total. The van der Waals surface area contributed by atoms with E-state index in [0.717, 1.165) is 32.4 Å². The Morgan fingerprint density at radius 3 is 2.43 bits per heavy atom. The van der Waals surface area contributed by atoms with Gasteiger partial charge in [-0.3, -0.25) is 4.79 Å². The zero-order valence-electron chi connectivity index (χ0n) is 9.64. The van der Waals surface area contributed by atoms with E-state index >= 15 is 0 Å². The number of nitrogens with one attached hydrogen (secondary N) is 1. The molecule has 0 spiro atoms. The Morgan fingerprint density at radius 2 is 1.93 bits per heavy atom. The maximum atomic E-state index is 11.3. The summed E-state index contributed by atoms with van der Waals surface area (Å²) in [5.41, 5.74) is 0. The summed E-state index contributed by atoms with van der Waals surface area (Å²) in [5.74, 6) is 0.149. The minimum absolute atomic E-state index is 0.00153. The van der Waals surface area contributed by atoms with Gasteiger partial charge < -0.3 is 10.1 Å². The maximum absolute atomic E-state index is 11.3. The molecule has 1 saturated heterocycles. The average molecular weight is 201 g/mol. The van der Waals surface area contributed by atoms with Gasteiger partial charge in [0.25, 0.3) is 0 Å². The lowest BCUT2D eigenvalue weighted by Crippen LogP contribution is -2.32. The Labute approximate surface area is 87.2 Å². The molecular weight excluding hydrogens is 178 g/mol. The number of hydrogen-bond donors (Lipinski definition) is 1. The molecule has 1 aliphatic heterocycles. The topological polar surface area (TPSA) is 38.3 Å². The number of carbonyl (C=O) groups is 1. The first-order chi connectivity index (χ1) is 6.84. The van der Waals surface area contributed by atoms with Crippen LogP contribution in [-0.4, -0.2) is 25.7 Å². The standard InChI is InChI=1S/C9H17NO2.C2H6/c1-2-7-12-9(11)8-3-5-10-6-4-8;1-2/h8,10H,2-7H2,1H3;1-2H3. The van der Waals surface area contributed by atoms with Gasteiger partial charge in [0.2, 0.25) is 0 Å². The second-order valence-electron chi connectivity index (χ2n) is 3.19. The van der Waals surface area contributed by atoms with E-state index < -0.39 is 0 Å². The molecule has 0 unspecified atom stereocenters. The van der Waals surface area contributed by atoms with E-state index in [9.17, 15) is 4.79 Å². The van der Waals surface area contributed by atoms with Gasteiger partial charge in [0.1, 0.15) is 0 Å². The van der Waals surface area contributed by atoms with Crippen molar-refractivity contribution in [2.75, 3.05) is 19.7 Å². The van der Waals surface area contributed by atoms with Crippen LogP contribution in [0.5, 0.6) is 0 Å². The van der Waals surface area contributed by atoms with Crippen LogP contribution in [0.1, 0.15) is 40.0 Å². The fraction of sp³-hybridized carbons (Fsp3) is 0.909. The molecule has 0 radical (unpaired) electrons. The van der Waals surface area contributed by atoms with E-state index in [4.69, 9.17) is 4.74 Å². The lowest BCUT2D eigenvalue weighted by atomic mass is 9.99. The molecule has 1 heterocycles. The molecule has 0 saturated carbocycles. The van der Waals surface area contributed by atoms with Gasteiger partial charge in [0.15, 0.2) is 0 Å². The molecule has 14 heavy (non-hydrogen) atoms. The van der Waals surface area contributed by atoms with Crippen molar-refractivity contribution in [3.8, 4) is 0 Å². The molecule has 1 N–H and O–H groups in total. The van der Waals surface area contributed by atoms with Crippen LogP contribution in [-0.2, 0) is 9.53 Å². The number of hydrogen-bond acceptors (Lipinski definition) is 3. The number of carbonyl (C=O) groups excluding carboxylic acids is 1. The number of piperidine rings is 1. The highest BCUT2D eigenvalue weighted by Gasteiger charge is 2.21. The quantitative estimate of drug-likeness (QED) is 0.709. The van der Waals surface area contributed by atoms with Gasteiger partial charge in [-0.25, -0.2) is 0 Å². The summed E-state index contributed by atoms with van der Waals surface area (Å²) in [4.78, 5) is 11.3. The van der Waals surface area contributed by atoms with Gasteiger partial charge in [-0.1, -0.05) is 20.8 Å². The highest BCUT2D eigenvalue weighted by molar-refractivity contribution is 5.72. The molecule has 0 aromatic rings. The molecule has 0 atom stereocenters. The molecule has 0 aromatic carbocycles. The van der Waals surface area contributed by atoms with Gasteiger partial charge in [-0.05, 0) is 32.4 Å². The lowest BCUT2D eigenvalue weighted by molar-refractivity contribution is -0.149. The third kappa shape index (κ3) is 5.22. The summed E-state index contributed by atoms with van der Waals surface area (Å²) in [6, 6.07) is 0.